The van der Waals surface area contributed by atoms with Crippen molar-refractivity contribution < 1.29 is 9.53 Å². The number of nitrogens with zero attached hydrogens (tertiary/aromatic N) is 3. The molecule has 0 aliphatic carbocycles. The van der Waals surface area contributed by atoms with E-state index < -0.39 is 0 Å². The van der Waals surface area contributed by atoms with Crippen molar-refractivity contribution in [3.05, 3.63) is 23.9 Å². The van der Waals surface area contributed by atoms with Crippen LogP contribution in [0.3, 0.4) is 0 Å². The van der Waals surface area contributed by atoms with E-state index in [4.69, 9.17) is 4.74 Å². The maximum Gasteiger partial charge on any atom is 0.285 e. The molecule has 1 amide bonds. The van der Waals surface area contributed by atoms with Gasteiger partial charge in [-0.3, -0.25) is 9.69 Å². The Morgan fingerprint density at radius 1 is 1.59 bits per heavy atom. The highest BCUT2D eigenvalue weighted by Crippen LogP contribution is 2.31. The van der Waals surface area contributed by atoms with Crippen LogP contribution in [-0.2, 0) is 9.53 Å². The normalized spacial score (nSPS) is 21.8. The molecule has 1 aromatic heterocycles. The average molecular weight is 232 g/mol. The maximum atomic E-state index is 10.9. The third-order valence-corrected chi connectivity index (χ3v) is 2.85. The van der Waals surface area contributed by atoms with Gasteiger partial charge in [-0.15, -0.1) is 0 Å². The van der Waals surface area contributed by atoms with Gasteiger partial charge in [0.05, 0.1) is 19.1 Å². The molecule has 6 nitrogen and oxygen atoms in total. The van der Waals surface area contributed by atoms with Crippen LogP contribution in [0.2, 0.25) is 0 Å². The average Bonchev–Trinajstić information content (AvgIpc) is 2.98. The maximum absolute atomic E-state index is 10.9. The number of carbonyl (C=O) groups is 1. The minimum atomic E-state index is 0.000694. The zero-order valence-corrected chi connectivity index (χ0v) is 9.17. The summed E-state index contributed by atoms with van der Waals surface area (Å²) in [5.41, 5.74) is 0.998. The van der Waals surface area contributed by atoms with E-state index in [1.807, 2.05) is 12.1 Å². The number of aliphatic imine (C=N–C) groups is 1. The van der Waals surface area contributed by atoms with Crippen LogP contribution in [0.15, 0.2) is 23.3 Å². The first-order chi connectivity index (χ1) is 8.38. The standard InChI is InChI=1S/C11H12N4O2/c16-7-15-6-9(14-11-13-4-5-17-11)8-2-1-3-12-10(8)15/h1-3,7,9H,4-6H2,(H,13,14). The van der Waals surface area contributed by atoms with Crippen LogP contribution in [0.1, 0.15) is 11.6 Å². The Labute approximate surface area is 98.3 Å². The first kappa shape index (κ1) is 10.1. The lowest BCUT2D eigenvalue weighted by Crippen LogP contribution is -2.32. The summed E-state index contributed by atoms with van der Waals surface area (Å²) >= 11 is 0. The number of nitrogens with one attached hydrogen (secondary N) is 1. The van der Waals surface area contributed by atoms with Crippen molar-refractivity contribution in [2.75, 3.05) is 24.6 Å². The topological polar surface area (TPSA) is 66.8 Å². The van der Waals surface area contributed by atoms with E-state index in [9.17, 15) is 4.79 Å². The number of aromatic nitrogens is 1. The molecule has 1 atom stereocenters. The molecule has 0 bridgehead atoms. The third kappa shape index (κ3) is 1.71. The summed E-state index contributed by atoms with van der Waals surface area (Å²) in [5, 5.41) is 3.19. The molecule has 6 heteroatoms. The monoisotopic (exact) mass is 232 g/mol. The van der Waals surface area contributed by atoms with Crippen LogP contribution in [0.4, 0.5) is 5.82 Å². The summed E-state index contributed by atoms with van der Waals surface area (Å²) in [6.07, 6.45) is 2.48. The summed E-state index contributed by atoms with van der Waals surface area (Å²) < 4.78 is 5.31. The molecule has 0 aromatic carbocycles. The third-order valence-electron chi connectivity index (χ3n) is 2.85. The van der Waals surface area contributed by atoms with Crippen LogP contribution in [-0.4, -0.2) is 37.1 Å². The van der Waals surface area contributed by atoms with Crippen LogP contribution < -0.4 is 10.2 Å². The minimum absolute atomic E-state index is 0.000694. The van der Waals surface area contributed by atoms with Crippen molar-refractivity contribution in [3.8, 4) is 0 Å². The zero-order valence-electron chi connectivity index (χ0n) is 9.17. The smallest absolute Gasteiger partial charge is 0.285 e. The second kappa shape index (κ2) is 4.04. The Morgan fingerprint density at radius 3 is 3.29 bits per heavy atom. The molecule has 88 valence electrons. The highest BCUT2D eigenvalue weighted by Gasteiger charge is 2.30. The lowest BCUT2D eigenvalue weighted by atomic mass is 10.1. The molecule has 0 saturated heterocycles. The molecular formula is C11H12N4O2. The quantitative estimate of drug-likeness (QED) is 0.733. The zero-order chi connectivity index (χ0) is 11.7. The van der Waals surface area contributed by atoms with Crippen LogP contribution in [0.25, 0.3) is 0 Å². The van der Waals surface area contributed by atoms with E-state index >= 15 is 0 Å². The molecule has 1 unspecified atom stereocenters. The fraction of sp³-hybridized carbons (Fsp3) is 0.364. The van der Waals surface area contributed by atoms with Gasteiger partial charge in [-0.1, -0.05) is 6.07 Å². The molecule has 0 saturated carbocycles. The van der Waals surface area contributed by atoms with Crippen molar-refractivity contribution in [2.24, 2.45) is 4.99 Å². The number of carbonyl (C=O) groups excluding carboxylic acids is 1. The van der Waals surface area contributed by atoms with Crippen LogP contribution >= 0.6 is 0 Å². The number of ether oxygens (including phenoxy) is 1. The molecule has 17 heavy (non-hydrogen) atoms. The van der Waals surface area contributed by atoms with E-state index in [0.717, 1.165) is 12.0 Å². The first-order valence-electron chi connectivity index (χ1n) is 5.49. The SMILES string of the molecule is O=CN1CC(NC2=NCCO2)c2cccnc21. The lowest BCUT2D eigenvalue weighted by Gasteiger charge is -2.13. The van der Waals surface area contributed by atoms with Gasteiger partial charge in [0.25, 0.3) is 6.02 Å². The second-order valence-corrected chi connectivity index (χ2v) is 3.91. The Hall–Kier alpha value is -2.11. The van der Waals surface area contributed by atoms with Gasteiger partial charge in [-0.25, -0.2) is 9.98 Å². The molecule has 3 heterocycles. The summed E-state index contributed by atoms with van der Waals surface area (Å²) in [7, 11) is 0. The fourth-order valence-electron chi connectivity index (χ4n) is 2.09. The Balaban J connectivity index is 1.85. The summed E-state index contributed by atoms with van der Waals surface area (Å²) in [6.45, 7) is 1.86. The highest BCUT2D eigenvalue weighted by atomic mass is 16.5. The van der Waals surface area contributed by atoms with Gasteiger partial charge in [-0.2, -0.15) is 0 Å². The van der Waals surface area contributed by atoms with Gasteiger partial charge in [0.1, 0.15) is 12.4 Å². The summed E-state index contributed by atoms with van der Waals surface area (Å²) in [5.74, 6) is 0.707. The van der Waals surface area contributed by atoms with Gasteiger partial charge in [0, 0.05) is 11.8 Å². The molecule has 1 aromatic rings. The molecule has 0 spiro atoms. The van der Waals surface area contributed by atoms with E-state index in [2.05, 4.69) is 15.3 Å². The number of hydrogen-bond donors (Lipinski definition) is 1. The number of amidine groups is 1. The van der Waals surface area contributed by atoms with Crippen molar-refractivity contribution in [3.63, 3.8) is 0 Å². The number of amides is 1. The largest absolute Gasteiger partial charge is 0.463 e. The molecule has 0 fully saturated rings. The van der Waals surface area contributed by atoms with Crippen molar-refractivity contribution >= 4 is 18.2 Å². The molecular weight excluding hydrogens is 220 g/mol. The van der Waals surface area contributed by atoms with Crippen LogP contribution in [0, 0.1) is 0 Å². The molecule has 3 rings (SSSR count). The van der Waals surface area contributed by atoms with Crippen LogP contribution in [0.5, 0.6) is 0 Å². The van der Waals surface area contributed by atoms with Crippen molar-refractivity contribution in [1.29, 1.82) is 0 Å². The van der Waals surface area contributed by atoms with Gasteiger partial charge in [0.15, 0.2) is 0 Å². The highest BCUT2D eigenvalue weighted by molar-refractivity contribution is 5.80. The van der Waals surface area contributed by atoms with Crippen molar-refractivity contribution in [1.82, 2.24) is 10.3 Å². The number of hydrogen-bond acceptors (Lipinski definition) is 5. The van der Waals surface area contributed by atoms with E-state index in [-0.39, 0.29) is 6.04 Å². The predicted octanol–water partition coefficient (Wildman–Crippen LogP) is 0.0749. The van der Waals surface area contributed by atoms with Gasteiger partial charge < -0.3 is 10.1 Å². The van der Waals surface area contributed by atoms with E-state index in [1.165, 1.54) is 0 Å². The Morgan fingerprint density at radius 2 is 2.53 bits per heavy atom. The molecule has 0 radical (unpaired) electrons. The summed E-state index contributed by atoms with van der Waals surface area (Å²) in [4.78, 5) is 20.9. The second-order valence-electron chi connectivity index (χ2n) is 3.91. The Kier molecular flexibility index (Phi) is 2.40. The Bertz CT molecular complexity index is 474. The van der Waals surface area contributed by atoms with Crippen molar-refractivity contribution in [2.45, 2.75) is 6.04 Å². The van der Waals surface area contributed by atoms with Gasteiger partial charge in [-0.05, 0) is 6.07 Å². The summed E-state index contributed by atoms with van der Waals surface area (Å²) in [6, 6.07) is 4.37. The first-order valence-corrected chi connectivity index (χ1v) is 5.49. The number of anilines is 1. The number of rotatable bonds is 2. The van der Waals surface area contributed by atoms with E-state index in [0.29, 0.717) is 31.5 Å². The van der Waals surface area contributed by atoms with Gasteiger partial charge >= 0.3 is 0 Å². The predicted molar refractivity (Wildman–Crippen MR) is 61.8 cm³/mol. The molecule has 1 N–H and O–H groups in total. The fourth-order valence-corrected chi connectivity index (χ4v) is 2.09. The molecule has 2 aliphatic rings. The lowest BCUT2D eigenvalue weighted by molar-refractivity contribution is -0.107. The van der Waals surface area contributed by atoms with E-state index in [1.54, 1.807) is 11.1 Å². The van der Waals surface area contributed by atoms with Gasteiger partial charge in [0.2, 0.25) is 6.41 Å². The number of pyridine rings is 1. The minimum Gasteiger partial charge on any atom is -0.463 e. The number of fused-ring (bicyclic) bond motifs is 1. The molecule has 2 aliphatic heterocycles.